The molecule has 21 N–H and O–H groups in total. The molecule has 12 aromatic rings. The van der Waals surface area contributed by atoms with Crippen molar-refractivity contribution in [1.82, 2.24) is 116 Å². The van der Waals surface area contributed by atoms with Gasteiger partial charge in [0.15, 0.2) is 44.7 Å². The Morgan fingerprint density at radius 1 is 0.328 bits per heavy atom. The summed E-state index contributed by atoms with van der Waals surface area (Å²) in [4.78, 5) is 178. The normalized spacial score (nSPS) is 29.9. The van der Waals surface area contributed by atoms with Crippen LogP contribution < -0.4 is 90.7 Å². The van der Waals surface area contributed by atoms with Crippen molar-refractivity contribution in [1.29, 1.82) is 0 Å². The number of hydrogen-bond donors (Lipinski definition) is 14. The Morgan fingerprint density at radius 2 is 0.575 bits per heavy atom. The first-order valence-corrected chi connectivity index (χ1v) is 43.5. The molecule has 20 heterocycles. The molecule has 0 aromatic carbocycles. The molecule has 0 aliphatic carbocycles. The molecule has 20 rings (SSSR count). The van der Waals surface area contributed by atoms with Gasteiger partial charge in [0.25, 0.3) is 27.8 Å². The van der Waals surface area contributed by atoms with E-state index in [0.29, 0.717) is 0 Å². The number of nitrogens with two attached hydrogens (primary N) is 7. The second-order valence-electron chi connectivity index (χ2n) is 33.1. The summed E-state index contributed by atoms with van der Waals surface area (Å²) in [5.41, 5.74) is 36.1. The van der Waals surface area contributed by atoms with Gasteiger partial charge in [-0.15, -0.1) is 0 Å². The van der Waals surface area contributed by atoms with E-state index in [0.717, 1.165) is 0 Å². The van der Waals surface area contributed by atoms with Gasteiger partial charge in [-0.2, -0.15) is 34.9 Å². The molecule has 710 valence electrons. The van der Waals surface area contributed by atoms with Crippen LogP contribution >= 0.6 is 22.6 Å². The van der Waals surface area contributed by atoms with E-state index in [1.54, 1.807) is 22.6 Å². The molecule has 0 unspecified atom stereocenters. The predicted octanol–water partition coefficient (Wildman–Crippen LogP) is -5.13. The van der Waals surface area contributed by atoms with Crippen molar-refractivity contribution in [3.05, 3.63) is 166 Å². The van der Waals surface area contributed by atoms with E-state index < -0.39 is 205 Å². The highest BCUT2D eigenvalue weighted by molar-refractivity contribution is 14.1. The largest absolute Gasteiger partial charge is 0.394 e. The third-order valence-corrected chi connectivity index (χ3v) is 25.5. The zero-order chi connectivity index (χ0) is 92.9. The summed E-state index contributed by atoms with van der Waals surface area (Å²) in [5, 5.41) is 22.1. The van der Waals surface area contributed by atoms with E-state index in [4.69, 9.17) is 111 Å². The molecule has 0 spiro atoms. The maximum atomic E-state index is 13.9. The van der Waals surface area contributed by atoms with Crippen LogP contribution in [0.2, 0.25) is 0 Å². The van der Waals surface area contributed by atoms with Gasteiger partial charge in [-0.3, -0.25) is 85.4 Å². The smallest absolute Gasteiger partial charge is 0.351 e. The van der Waals surface area contributed by atoms with Crippen LogP contribution in [0.4, 0.5) is 41.2 Å². The molecule has 8 saturated heterocycles. The van der Waals surface area contributed by atoms with Crippen LogP contribution in [-0.4, -0.2) is 277 Å². The number of H-pyrrole nitrogens is 5. The first-order chi connectivity index (χ1) is 64.6. The molecule has 12 aromatic heterocycles. The molecule has 8 fully saturated rings. The van der Waals surface area contributed by atoms with E-state index in [1.807, 2.05) is 0 Å². The highest BCUT2D eigenvalue weighted by Crippen LogP contribution is 2.43. The van der Waals surface area contributed by atoms with Crippen molar-refractivity contribution >= 4 is 108 Å². The van der Waals surface area contributed by atoms with Crippen molar-refractivity contribution in [2.45, 2.75) is 199 Å². The first-order valence-electron chi connectivity index (χ1n) is 42.4. The minimum atomic E-state index is -1.12. The molecule has 134 heavy (non-hydrogen) atoms. The standard InChI is InChI=1S/C76H88IN31O26/c77-28-15-104(76(119)100-64(28)111)52-11-33(123-23-44-35(13-54(134-44)107-26-87-58-62(107)94-71(83)98-67(58)114)124-19-39-31(9-50(129-39)102-5-2-46(79)90-74(102)117)120-17-38-29(110)7-48(128-38)105-24-85-56-60(105)92-69(81)96-65(56)112)41(131-52)21-126-36-14-55(108-27-88-59-63(108)95-72(84)99-68(59)115)133-43(36)22-122-32-10-51(103-6-3-47(80)91-75(103)118)130-40(32)20-125-34-12-53(106-25-86-57-61(106)93-70(82)97-66(57)113)132-42(34)18-121-30-8-49(127-37(30)16-109)101-4-1-45(78)89-73(101)116/h1-6,15,24-27,29-44,48-55,109-110H,7-14,16-23H2,(H2,78,89,116)(H2,79,90,117)(H2,80,91,118)(H,100,111,119)(H3,81,92,96,112)(H3,82,93,97,113)(H3,83,94,98,114)(H3,84,95,99,115)/t29-,30-,31-,32-,33-,34-,35-,36-,37+,38+,39+,40+,41+,42+,43+,44+,48+,49+,50+,51+,52+,53+,54+,55+/m0/s1. The van der Waals surface area contributed by atoms with Crippen LogP contribution in [0.1, 0.15) is 101 Å². The molecule has 24 atom stereocenters. The second kappa shape index (κ2) is 36.6. The molecule has 57 nitrogen and oxygen atoms in total. The van der Waals surface area contributed by atoms with Gasteiger partial charge in [0.05, 0.1) is 131 Å². The fourth-order valence-corrected chi connectivity index (χ4v) is 18.6. The zero-order valence-electron chi connectivity index (χ0n) is 70.1. The lowest BCUT2D eigenvalue weighted by molar-refractivity contribution is -0.144. The fraction of sp³-hybridized carbons (Fsp3) is 0.526. The average molecular weight is 1980 g/mol. The minimum absolute atomic E-state index is 0.00151. The first kappa shape index (κ1) is 89.2. The van der Waals surface area contributed by atoms with E-state index in [2.05, 4.69) is 79.7 Å². The number of nitrogens with zero attached hydrogens (tertiary/aromatic N) is 19. The van der Waals surface area contributed by atoms with Gasteiger partial charge >= 0.3 is 22.8 Å². The van der Waals surface area contributed by atoms with Gasteiger partial charge in [-0.1, -0.05) is 0 Å². The van der Waals surface area contributed by atoms with E-state index >= 15 is 0 Å². The SMILES string of the molecule is Nc1ccn([C@H]2C[C@H](OC[C@H]3O[C@@H](n4cnc5c(=O)[nH]c(N)nc54)C[C@@H]3OC[C@H]3O[C@@H](n4ccc(N)nc4=O)C[C@@H]3OC[C@H]3O[C@@H](n4cnc5c(=O)[nH]c(N)nc54)C[C@@H]3OC[C@H]3O[C@@H](n4cc(I)c(=O)[nH]c4=O)C[C@@H]3OC[C@H]3O[C@@H](n4cnc5c(=O)[nH]c(N)nc54)C[C@@H]3OC[C@H]3O[C@@H](n4ccc(N)nc4=O)C[C@@H]3OC[C@H]3O[C@@H](n4cnc5c(=O)[nH]c(N)nc54)C[C@@H]3O)[C@@H](CO)O2)c(=O)n1. The van der Waals surface area contributed by atoms with Gasteiger partial charge in [0.2, 0.25) is 23.8 Å². The molecule has 8 aliphatic rings. The number of aliphatic hydroxyl groups excluding tert-OH is 2. The molecular weight excluding hydrogens is 1890 g/mol. The number of ether oxygens (including phenoxy) is 15. The predicted molar refractivity (Wildman–Crippen MR) is 463 cm³/mol. The van der Waals surface area contributed by atoms with Gasteiger partial charge in [-0.25, -0.2) is 39.1 Å². The fourth-order valence-electron chi connectivity index (χ4n) is 18.2. The van der Waals surface area contributed by atoms with Crippen LogP contribution in [0.3, 0.4) is 0 Å². The highest BCUT2D eigenvalue weighted by atomic mass is 127. The van der Waals surface area contributed by atoms with Gasteiger partial charge in [0.1, 0.15) is 116 Å². The number of hydrogen-bond acceptors (Lipinski definition) is 44. The molecule has 8 aliphatic heterocycles. The number of aliphatic hydroxyl groups is 2. The lowest BCUT2D eigenvalue weighted by Gasteiger charge is -2.27. The van der Waals surface area contributed by atoms with Crippen molar-refractivity contribution in [2.24, 2.45) is 0 Å². The highest BCUT2D eigenvalue weighted by Gasteiger charge is 2.50. The Morgan fingerprint density at radius 3 is 0.858 bits per heavy atom. The number of anilines is 7. The summed E-state index contributed by atoms with van der Waals surface area (Å²) >= 11 is 1.79. The van der Waals surface area contributed by atoms with Crippen LogP contribution in [0.5, 0.6) is 0 Å². The summed E-state index contributed by atoms with van der Waals surface area (Å²) in [5.74, 6) is -0.878. The number of imidazole rings is 4. The molecule has 0 bridgehead atoms. The summed E-state index contributed by atoms with van der Waals surface area (Å²) in [6.45, 7) is -2.32. The van der Waals surface area contributed by atoms with Crippen molar-refractivity contribution in [3.8, 4) is 0 Å². The molecule has 58 heteroatoms. The Bertz CT molecular complexity index is 7010. The quantitative estimate of drug-likeness (QED) is 0.0187. The maximum Gasteiger partial charge on any atom is 0.351 e. The van der Waals surface area contributed by atoms with Crippen LogP contribution in [0.25, 0.3) is 44.7 Å². The molecule has 0 amide bonds. The van der Waals surface area contributed by atoms with Gasteiger partial charge in [0, 0.05) is 76.2 Å². The second-order valence-corrected chi connectivity index (χ2v) is 34.3. The Kier molecular flexibility index (Phi) is 24.4. The third-order valence-electron chi connectivity index (χ3n) is 24.7. The number of nitrogens with one attached hydrogen (secondary N) is 5. The number of halogens is 1. The minimum Gasteiger partial charge on any atom is -0.394 e. The number of rotatable bonds is 30. The lowest BCUT2D eigenvalue weighted by Crippen LogP contribution is -2.40. The topological polar surface area (TPSA) is 775 Å². The van der Waals surface area contributed by atoms with E-state index in [1.165, 1.54) is 105 Å². The summed E-state index contributed by atoms with van der Waals surface area (Å²) in [6, 6.07) is 4.28. The molecule has 0 saturated carbocycles. The number of fused-ring (bicyclic) bond motifs is 4. The van der Waals surface area contributed by atoms with E-state index in [-0.39, 0.29) is 187 Å². The summed E-state index contributed by atoms with van der Waals surface area (Å²) in [6.07, 6.45) is -12.1. The van der Waals surface area contributed by atoms with E-state index in [9.17, 15) is 53.4 Å². The van der Waals surface area contributed by atoms with Crippen LogP contribution in [0.15, 0.2) is 111 Å². The van der Waals surface area contributed by atoms with Gasteiger partial charge < -0.3 is 121 Å². The van der Waals surface area contributed by atoms with Crippen molar-refractivity contribution < 1.29 is 81.3 Å². The maximum absolute atomic E-state index is 13.9. The number of nitrogen functional groups attached to an aromatic ring is 7. The molecular formula is C76H88IN31O26. The third kappa shape index (κ3) is 17.7. The van der Waals surface area contributed by atoms with Crippen LogP contribution in [0, 0.1) is 3.57 Å². The molecule has 0 radical (unpaired) electrons. The van der Waals surface area contributed by atoms with Gasteiger partial charge in [-0.05, 0) is 40.8 Å². The Balaban J connectivity index is 0.571. The summed E-state index contributed by atoms with van der Waals surface area (Å²) in [7, 11) is 0. The Labute approximate surface area is 759 Å². The monoisotopic (exact) mass is 1980 g/mol. The number of aromatic amines is 5. The summed E-state index contributed by atoms with van der Waals surface area (Å²) < 4.78 is 112. The average Bonchev–Trinajstić information content (AvgIpc) is 1.63. The van der Waals surface area contributed by atoms with Crippen molar-refractivity contribution in [2.75, 3.05) is 93.0 Å². The zero-order valence-corrected chi connectivity index (χ0v) is 72.3. The number of aromatic nitrogens is 24. The Hall–Kier alpha value is -12.6. The lowest BCUT2D eigenvalue weighted by atomic mass is 10.1. The van der Waals surface area contributed by atoms with Crippen LogP contribution in [-0.2, 0) is 71.1 Å². The van der Waals surface area contributed by atoms with Crippen molar-refractivity contribution in [3.63, 3.8) is 0 Å².